The summed E-state index contributed by atoms with van der Waals surface area (Å²) in [5.74, 6) is 1.51. The van der Waals surface area contributed by atoms with E-state index in [-0.39, 0.29) is 0 Å². The maximum atomic E-state index is 10.3. The van der Waals surface area contributed by atoms with Gasteiger partial charge in [0.15, 0.2) is 5.88 Å². The molecule has 1 fully saturated rings. The Hall–Kier alpha value is -2.07. The zero-order valence-electron chi connectivity index (χ0n) is 10.7. The van der Waals surface area contributed by atoms with Crippen molar-refractivity contribution < 1.29 is 14.3 Å². The molecule has 0 radical (unpaired) electrons. The topological polar surface area (TPSA) is 38.8 Å². The second-order valence-electron chi connectivity index (χ2n) is 4.04. The number of ether oxygens (including phenoxy) is 2. The molecule has 2 rings (SSSR count). The van der Waals surface area contributed by atoms with Crippen LogP contribution in [0, 0.1) is 0 Å². The summed E-state index contributed by atoms with van der Waals surface area (Å²) in [4.78, 5) is 12.4. The van der Waals surface area contributed by atoms with E-state index >= 15 is 0 Å². The van der Waals surface area contributed by atoms with Gasteiger partial charge >= 0.3 is 0 Å². The van der Waals surface area contributed by atoms with Gasteiger partial charge < -0.3 is 14.4 Å². The summed E-state index contributed by atoms with van der Waals surface area (Å²) in [5, 5.41) is 0. The highest BCUT2D eigenvalue weighted by Gasteiger charge is 2.14. The average molecular weight is 259 g/mol. The van der Waals surface area contributed by atoms with Crippen LogP contribution in [0.15, 0.2) is 54.4 Å². The second kappa shape index (κ2) is 7.38. The molecule has 1 aliphatic rings. The van der Waals surface area contributed by atoms with Gasteiger partial charge in [-0.15, -0.1) is 0 Å². The van der Waals surface area contributed by atoms with Crippen LogP contribution in [0.4, 0.5) is 0 Å². The largest absolute Gasteiger partial charge is 0.441 e. The van der Waals surface area contributed by atoms with E-state index in [0.29, 0.717) is 13.2 Å². The molecule has 0 N–H and O–H groups in total. The SMILES string of the molecule is O=C/C=C/C=C(/Oc1ccccc1)N1CCOCC1. The zero-order valence-corrected chi connectivity index (χ0v) is 10.7. The van der Waals surface area contributed by atoms with Crippen LogP contribution in [0.5, 0.6) is 5.75 Å². The summed E-state index contributed by atoms with van der Waals surface area (Å²) in [6.45, 7) is 2.95. The van der Waals surface area contributed by atoms with Crippen LogP contribution >= 0.6 is 0 Å². The third-order valence-electron chi connectivity index (χ3n) is 2.72. The van der Waals surface area contributed by atoms with E-state index in [4.69, 9.17) is 9.47 Å². The van der Waals surface area contributed by atoms with Crippen LogP contribution < -0.4 is 4.74 Å². The number of para-hydroxylation sites is 1. The summed E-state index contributed by atoms with van der Waals surface area (Å²) in [5.41, 5.74) is 0. The van der Waals surface area contributed by atoms with E-state index in [1.807, 2.05) is 30.3 Å². The highest BCUT2D eigenvalue weighted by Crippen LogP contribution is 2.16. The molecule has 1 aliphatic heterocycles. The molecule has 1 heterocycles. The number of rotatable bonds is 5. The Morgan fingerprint density at radius 2 is 1.89 bits per heavy atom. The first kappa shape index (κ1) is 13.4. The van der Waals surface area contributed by atoms with Crippen LogP contribution in [0.2, 0.25) is 0 Å². The molecule has 1 saturated heterocycles. The van der Waals surface area contributed by atoms with Gasteiger partial charge in [-0.1, -0.05) is 24.3 Å². The number of benzene rings is 1. The van der Waals surface area contributed by atoms with E-state index < -0.39 is 0 Å². The Bertz CT molecular complexity index is 448. The molecule has 4 heteroatoms. The van der Waals surface area contributed by atoms with Crippen molar-refractivity contribution in [2.45, 2.75) is 0 Å². The first-order valence-corrected chi connectivity index (χ1v) is 6.28. The van der Waals surface area contributed by atoms with Gasteiger partial charge in [-0.2, -0.15) is 0 Å². The van der Waals surface area contributed by atoms with Crippen molar-refractivity contribution in [1.82, 2.24) is 4.90 Å². The maximum Gasteiger partial charge on any atom is 0.196 e. The van der Waals surface area contributed by atoms with Gasteiger partial charge in [-0.05, 0) is 24.3 Å². The quantitative estimate of drug-likeness (QED) is 0.351. The average Bonchev–Trinajstić information content (AvgIpc) is 2.48. The van der Waals surface area contributed by atoms with Gasteiger partial charge in [-0.3, -0.25) is 4.79 Å². The lowest BCUT2D eigenvalue weighted by Crippen LogP contribution is -2.37. The Balaban J connectivity index is 2.11. The lowest BCUT2D eigenvalue weighted by molar-refractivity contribution is -0.104. The third-order valence-corrected chi connectivity index (χ3v) is 2.72. The molecule has 0 bridgehead atoms. The number of aldehydes is 1. The molecule has 0 atom stereocenters. The predicted octanol–water partition coefficient (Wildman–Crippen LogP) is 1.99. The third kappa shape index (κ3) is 4.26. The molecule has 0 aromatic heterocycles. The minimum absolute atomic E-state index is 0.687. The molecule has 0 amide bonds. The Kier molecular flexibility index (Phi) is 5.19. The van der Waals surface area contributed by atoms with E-state index in [1.54, 1.807) is 12.2 Å². The van der Waals surface area contributed by atoms with E-state index in [0.717, 1.165) is 31.0 Å². The number of nitrogens with zero attached hydrogens (tertiary/aromatic N) is 1. The van der Waals surface area contributed by atoms with Crippen LogP contribution in [0.25, 0.3) is 0 Å². The van der Waals surface area contributed by atoms with Crippen molar-refractivity contribution in [3.8, 4) is 5.75 Å². The number of hydrogen-bond acceptors (Lipinski definition) is 4. The monoisotopic (exact) mass is 259 g/mol. The van der Waals surface area contributed by atoms with Crippen LogP contribution in [0.3, 0.4) is 0 Å². The minimum atomic E-state index is 0.687. The fourth-order valence-electron chi connectivity index (χ4n) is 1.78. The van der Waals surface area contributed by atoms with Crippen LogP contribution in [0.1, 0.15) is 0 Å². The maximum absolute atomic E-state index is 10.3. The van der Waals surface area contributed by atoms with Crippen molar-refractivity contribution in [3.63, 3.8) is 0 Å². The minimum Gasteiger partial charge on any atom is -0.441 e. The lowest BCUT2D eigenvalue weighted by atomic mass is 10.3. The summed E-state index contributed by atoms with van der Waals surface area (Å²) in [7, 11) is 0. The van der Waals surface area contributed by atoms with E-state index in [2.05, 4.69) is 4.90 Å². The molecule has 19 heavy (non-hydrogen) atoms. The first-order chi connectivity index (χ1) is 9.40. The molecule has 4 nitrogen and oxygen atoms in total. The Morgan fingerprint density at radius 1 is 1.16 bits per heavy atom. The van der Waals surface area contributed by atoms with Crippen molar-refractivity contribution in [2.75, 3.05) is 26.3 Å². The summed E-state index contributed by atoms with van der Waals surface area (Å²) < 4.78 is 11.2. The number of hydrogen-bond donors (Lipinski definition) is 0. The van der Waals surface area contributed by atoms with E-state index in [1.165, 1.54) is 6.08 Å². The van der Waals surface area contributed by atoms with Gasteiger partial charge in [0.05, 0.1) is 13.2 Å². The number of carbonyl (C=O) groups is 1. The molecule has 100 valence electrons. The summed E-state index contributed by atoms with van der Waals surface area (Å²) >= 11 is 0. The first-order valence-electron chi connectivity index (χ1n) is 6.28. The van der Waals surface area contributed by atoms with Gasteiger partial charge in [0.2, 0.25) is 0 Å². The van der Waals surface area contributed by atoms with Crippen molar-refractivity contribution in [1.29, 1.82) is 0 Å². The van der Waals surface area contributed by atoms with E-state index in [9.17, 15) is 4.79 Å². The van der Waals surface area contributed by atoms with Gasteiger partial charge in [-0.25, -0.2) is 0 Å². The zero-order chi connectivity index (χ0) is 13.3. The molecule has 0 unspecified atom stereocenters. The molecule has 0 aliphatic carbocycles. The van der Waals surface area contributed by atoms with Crippen LogP contribution in [-0.4, -0.2) is 37.5 Å². The predicted molar refractivity (Wildman–Crippen MR) is 72.7 cm³/mol. The van der Waals surface area contributed by atoms with Crippen molar-refractivity contribution >= 4 is 6.29 Å². The summed E-state index contributed by atoms with van der Waals surface area (Å²) in [6, 6.07) is 9.59. The van der Waals surface area contributed by atoms with Gasteiger partial charge in [0.1, 0.15) is 12.0 Å². The molecular weight excluding hydrogens is 242 g/mol. The molecule has 1 aromatic rings. The normalized spacial score (nSPS) is 16.6. The smallest absolute Gasteiger partial charge is 0.196 e. The van der Waals surface area contributed by atoms with Gasteiger partial charge in [0.25, 0.3) is 0 Å². The highest BCUT2D eigenvalue weighted by atomic mass is 16.5. The summed E-state index contributed by atoms with van der Waals surface area (Å²) in [6.07, 6.45) is 5.66. The Morgan fingerprint density at radius 3 is 2.58 bits per heavy atom. The number of allylic oxidation sites excluding steroid dienone is 3. The molecule has 0 saturated carbocycles. The molecule has 0 spiro atoms. The Labute approximate surface area is 112 Å². The highest BCUT2D eigenvalue weighted by molar-refractivity contribution is 5.65. The lowest BCUT2D eigenvalue weighted by Gasteiger charge is -2.30. The van der Waals surface area contributed by atoms with Gasteiger partial charge in [0, 0.05) is 13.1 Å². The number of morpholine rings is 1. The van der Waals surface area contributed by atoms with Crippen molar-refractivity contribution in [3.05, 3.63) is 54.4 Å². The standard InChI is InChI=1S/C15H17NO3/c17-11-5-4-8-15(16-9-12-18-13-10-16)19-14-6-2-1-3-7-14/h1-8,11H,9-10,12-13H2/b5-4+,15-8+. The fourth-order valence-corrected chi connectivity index (χ4v) is 1.78. The van der Waals surface area contributed by atoms with Crippen LogP contribution in [-0.2, 0) is 9.53 Å². The van der Waals surface area contributed by atoms with Crippen molar-refractivity contribution in [2.24, 2.45) is 0 Å². The fraction of sp³-hybridized carbons (Fsp3) is 0.267. The molecule has 1 aromatic carbocycles. The number of carbonyl (C=O) groups excluding carboxylic acids is 1. The molecular formula is C15H17NO3. The second-order valence-corrected chi connectivity index (χ2v) is 4.04.